The molecule has 0 aliphatic heterocycles. The van der Waals surface area contributed by atoms with Crippen LogP contribution in [0.25, 0.3) is 0 Å². The van der Waals surface area contributed by atoms with Crippen LogP contribution in [0.15, 0.2) is 18.2 Å². The van der Waals surface area contributed by atoms with Crippen molar-refractivity contribution in [2.75, 3.05) is 26.0 Å². The predicted molar refractivity (Wildman–Crippen MR) is 93.0 cm³/mol. The molecule has 0 bridgehead atoms. The molecule has 1 aliphatic carbocycles. The molecule has 1 saturated carbocycles. The van der Waals surface area contributed by atoms with Crippen molar-refractivity contribution in [3.8, 4) is 0 Å². The van der Waals surface area contributed by atoms with E-state index in [2.05, 4.69) is 10.6 Å². The Kier molecular flexibility index (Phi) is 6.42. The lowest BCUT2D eigenvalue weighted by atomic mass is 9.95. The van der Waals surface area contributed by atoms with Crippen LogP contribution in [0.3, 0.4) is 0 Å². The standard InChI is InChI=1S/C17H24ClN3O2/c1-21(2)11-16(22)19-13-8-9-15(18)14(10-13)17(23)20-12-6-4-3-5-7-12/h8-10,12H,3-7,11H2,1-2H3,(H,19,22)(H,20,23). The fourth-order valence-corrected chi connectivity index (χ4v) is 2.98. The van der Waals surface area contributed by atoms with Gasteiger partial charge in [0.25, 0.3) is 5.91 Å². The van der Waals surface area contributed by atoms with E-state index >= 15 is 0 Å². The first-order valence-corrected chi connectivity index (χ1v) is 8.38. The van der Waals surface area contributed by atoms with Gasteiger partial charge < -0.3 is 15.5 Å². The summed E-state index contributed by atoms with van der Waals surface area (Å²) in [6, 6.07) is 5.20. The van der Waals surface area contributed by atoms with Crippen LogP contribution < -0.4 is 10.6 Å². The Morgan fingerprint density at radius 3 is 2.57 bits per heavy atom. The molecule has 0 atom stereocenters. The van der Waals surface area contributed by atoms with Gasteiger partial charge in [-0.25, -0.2) is 0 Å². The van der Waals surface area contributed by atoms with Gasteiger partial charge >= 0.3 is 0 Å². The molecule has 2 rings (SSSR count). The molecule has 1 aliphatic rings. The predicted octanol–water partition coefficient (Wildman–Crippen LogP) is 2.90. The SMILES string of the molecule is CN(C)CC(=O)Nc1ccc(Cl)c(C(=O)NC2CCCCC2)c1. The van der Waals surface area contributed by atoms with Gasteiger partial charge in [-0.2, -0.15) is 0 Å². The number of nitrogens with zero attached hydrogens (tertiary/aromatic N) is 1. The van der Waals surface area contributed by atoms with Gasteiger partial charge in [0, 0.05) is 11.7 Å². The van der Waals surface area contributed by atoms with E-state index in [0.717, 1.165) is 25.7 Å². The van der Waals surface area contributed by atoms with Gasteiger partial charge in [0.05, 0.1) is 17.1 Å². The number of anilines is 1. The molecular formula is C17H24ClN3O2. The Morgan fingerprint density at radius 1 is 1.22 bits per heavy atom. The maximum atomic E-state index is 12.4. The van der Waals surface area contributed by atoms with Crippen molar-refractivity contribution in [2.24, 2.45) is 0 Å². The lowest BCUT2D eigenvalue weighted by Gasteiger charge is -2.23. The summed E-state index contributed by atoms with van der Waals surface area (Å²) in [5.41, 5.74) is 0.981. The summed E-state index contributed by atoms with van der Waals surface area (Å²) in [5, 5.41) is 6.22. The molecule has 2 N–H and O–H groups in total. The number of carbonyl (C=O) groups excluding carboxylic acids is 2. The molecule has 126 valence electrons. The number of amides is 2. The molecule has 5 nitrogen and oxygen atoms in total. The van der Waals surface area contributed by atoms with E-state index in [-0.39, 0.29) is 24.4 Å². The fraction of sp³-hybridized carbons (Fsp3) is 0.529. The van der Waals surface area contributed by atoms with Crippen molar-refractivity contribution < 1.29 is 9.59 Å². The Morgan fingerprint density at radius 2 is 1.91 bits per heavy atom. The molecule has 0 spiro atoms. The van der Waals surface area contributed by atoms with Gasteiger partial charge in [-0.3, -0.25) is 9.59 Å². The number of carbonyl (C=O) groups is 2. The van der Waals surface area contributed by atoms with Crippen LogP contribution in [0.4, 0.5) is 5.69 Å². The van der Waals surface area contributed by atoms with E-state index in [1.54, 1.807) is 23.1 Å². The molecule has 1 fully saturated rings. The van der Waals surface area contributed by atoms with Crippen molar-refractivity contribution >= 4 is 29.1 Å². The van der Waals surface area contributed by atoms with E-state index in [1.165, 1.54) is 6.42 Å². The molecule has 23 heavy (non-hydrogen) atoms. The number of halogens is 1. The summed E-state index contributed by atoms with van der Waals surface area (Å²) in [6.45, 7) is 0.284. The maximum absolute atomic E-state index is 12.4. The number of rotatable bonds is 5. The van der Waals surface area contributed by atoms with E-state index < -0.39 is 0 Å². The van der Waals surface area contributed by atoms with Gasteiger partial charge in [-0.05, 0) is 45.1 Å². The second-order valence-corrected chi connectivity index (χ2v) is 6.70. The quantitative estimate of drug-likeness (QED) is 0.868. The van der Waals surface area contributed by atoms with Gasteiger partial charge in [-0.15, -0.1) is 0 Å². The second kappa shape index (κ2) is 8.31. The van der Waals surface area contributed by atoms with Gasteiger partial charge in [0.2, 0.25) is 5.91 Å². The molecule has 6 heteroatoms. The molecule has 0 aromatic heterocycles. The minimum Gasteiger partial charge on any atom is -0.349 e. The lowest BCUT2D eigenvalue weighted by Crippen LogP contribution is -2.36. The van der Waals surface area contributed by atoms with E-state index in [0.29, 0.717) is 16.3 Å². The first-order chi connectivity index (χ1) is 11.0. The minimum absolute atomic E-state index is 0.129. The molecule has 1 aromatic rings. The monoisotopic (exact) mass is 337 g/mol. The summed E-state index contributed by atoms with van der Waals surface area (Å²) in [7, 11) is 3.65. The molecule has 0 saturated heterocycles. The van der Waals surface area contributed by atoms with E-state index in [1.807, 2.05) is 14.1 Å². The molecule has 0 radical (unpaired) electrons. The molecule has 0 unspecified atom stereocenters. The Labute approximate surface area is 142 Å². The average Bonchev–Trinajstić information content (AvgIpc) is 2.49. The van der Waals surface area contributed by atoms with Crippen LogP contribution in [0.2, 0.25) is 5.02 Å². The highest BCUT2D eigenvalue weighted by Gasteiger charge is 2.19. The van der Waals surface area contributed by atoms with E-state index in [9.17, 15) is 9.59 Å². The average molecular weight is 338 g/mol. The summed E-state index contributed by atoms with van der Waals surface area (Å²) < 4.78 is 0. The number of hydrogen-bond acceptors (Lipinski definition) is 3. The smallest absolute Gasteiger partial charge is 0.253 e. The largest absolute Gasteiger partial charge is 0.349 e. The van der Waals surface area contributed by atoms with Crippen LogP contribution in [0, 0.1) is 0 Å². The third kappa shape index (κ3) is 5.52. The highest BCUT2D eigenvalue weighted by Crippen LogP contribution is 2.22. The van der Waals surface area contributed by atoms with Crippen molar-refractivity contribution in [2.45, 2.75) is 38.1 Å². The van der Waals surface area contributed by atoms with Crippen molar-refractivity contribution in [3.05, 3.63) is 28.8 Å². The topological polar surface area (TPSA) is 61.4 Å². The molecule has 0 heterocycles. The third-order valence-corrected chi connectivity index (χ3v) is 4.22. The van der Waals surface area contributed by atoms with Crippen LogP contribution >= 0.6 is 11.6 Å². The molecular weight excluding hydrogens is 314 g/mol. The van der Waals surface area contributed by atoms with Gasteiger partial charge in [0.15, 0.2) is 0 Å². The normalized spacial score (nSPS) is 15.5. The zero-order chi connectivity index (χ0) is 16.8. The highest BCUT2D eigenvalue weighted by molar-refractivity contribution is 6.34. The van der Waals surface area contributed by atoms with Crippen molar-refractivity contribution in [1.29, 1.82) is 0 Å². The number of benzene rings is 1. The first kappa shape index (κ1) is 17.8. The summed E-state index contributed by atoms with van der Waals surface area (Å²) >= 11 is 6.15. The fourth-order valence-electron chi connectivity index (χ4n) is 2.77. The Hall–Kier alpha value is -1.59. The lowest BCUT2D eigenvalue weighted by molar-refractivity contribution is -0.116. The molecule has 1 aromatic carbocycles. The second-order valence-electron chi connectivity index (χ2n) is 6.29. The summed E-state index contributed by atoms with van der Waals surface area (Å²) in [6.07, 6.45) is 5.57. The van der Waals surface area contributed by atoms with Crippen molar-refractivity contribution in [1.82, 2.24) is 10.2 Å². The number of nitrogens with one attached hydrogen (secondary N) is 2. The summed E-state index contributed by atoms with van der Waals surface area (Å²) in [4.78, 5) is 26.0. The van der Waals surface area contributed by atoms with Gasteiger partial charge in [0.1, 0.15) is 0 Å². The minimum atomic E-state index is -0.175. The van der Waals surface area contributed by atoms with Crippen LogP contribution in [0.1, 0.15) is 42.5 Å². The summed E-state index contributed by atoms with van der Waals surface area (Å²) in [5.74, 6) is -0.304. The van der Waals surface area contributed by atoms with Crippen molar-refractivity contribution in [3.63, 3.8) is 0 Å². The molecule has 2 amide bonds. The third-order valence-electron chi connectivity index (χ3n) is 3.89. The zero-order valence-electron chi connectivity index (χ0n) is 13.7. The number of likely N-dealkylation sites (N-methyl/N-ethyl adjacent to an activating group) is 1. The van der Waals surface area contributed by atoms with E-state index in [4.69, 9.17) is 11.6 Å². The van der Waals surface area contributed by atoms with Crippen LogP contribution in [-0.4, -0.2) is 43.4 Å². The van der Waals surface area contributed by atoms with Crippen LogP contribution in [0.5, 0.6) is 0 Å². The zero-order valence-corrected chi connectivity index (χ0v) is 14.4. The highest BCUT2D eigenvalue weighted by atomic mass is 35.5. The number of hydrogen-bond donors (Lipinski definition) is 2. The van der Waals surface area contributed by atoms with Gasteiger partial charge in [-0.1, -0.05) is 30.9 Å². The maximum Gasteiger partial charge on any atom is 0.253 e. The van der Waals surface area contributed by atoms with Crippen LogP contribution in [-0.2, 0) is 4.79 Å². The Bertz CT molecular complexity index is 569. The first-order valence-electron chi connectivity index (χ1n) is 8.00. The Balaban J connectivity index is 2.04.